The quantitative estimate of drug-likeness (QED) is 0.317. The molecule has 0 aliphatic heterocycles. The lowest BCUT2D eigenvalue weighted by molar-refractivity contribution is 0.0944. The van der Waals surface area contributed by atoms with E-state index in [0.717, 1.165) is 5.56 Å². The normalized spacial score (nSPS) is 11.0. The number of hydrogen-bond donors (Lipinski definition) is 3. The SMILES string of the molecule is Nc1nonc1C(=O)NCCNCc1nn(Cc2c(F)cccc2Cl)nc1-c1ccccc1. The fourth-order valence-electron chi connectivity index (χ4n) is 3.13. The van der Waals surface area contributed by atoms with Gasteiger partial charge in [0.15, 0.2) is 0 Å². The molecule has 2 heterocycles. The van der Waals surface area contributed by atoms with Crippen LogP contribution < -0.4 is 16.4 Å². The third-order valence-electron chi connectivity index (χ3n) is 4.74. The van der Waals surface area contributed by atoms with Gasteiger partial charge in [0.1, 0.15) is 17.2 Å². The Morgan fingerprint density at radius 3 is 2.64 bits per heavy atom. The number of benzene rings is 2. The first-order valence-corrected chi connectivity index (χ1v) is 10.4. The molecule has 2 aromatic carbocycles. The van der Waals surface area contributed by atoms with Crippen molar-refractivity contribution in [2.24, 2.45) is 0 Å². The highest BCUT2D eigenvalue weighted by Crippen LogP contribution is 2.23. The van der Waals surface area contributed by atoms with Gasteiger partial charge in [0.25, 0.3) is 5.91 Å². The highest BCUT2D eigenvalue weighted by Gasteiger charge is 2.17. The van der Waals surface area contributed by atoms with Crippen molar-refractivity contribution in [3.05, 3.63) is 76.3 Å². The first-order chi connectivity index (χ1) is 16.0. The lowest BCUT2D eigenvalue weighted by Crippen LogP contribution is -2.32. The molecule has 12 heteroatoms. The van der Waals surface area contributed by atoms with Crippen LogP contribution in [0.4, 0.5) is 10.2 Å². The van der Waals surface area contributed by atoms with Crippen molar-refractivity contribution in [3.63, 3.8) is 0 Å². The number of nitrogens with zero attached hydrogens (tertiary/aromatic N) is 5. The maximum absolute atomic E-state index is 14.2. The fraction of sp³-hybridized carbons (Fsp3) is 0.190. The van der Waals surface area contributed by atoms with E-state index in [1.807, 2.05) is 30.3 Å². The molecule has 0 saturated carbocycles. The van der Waals surface area contributed by atoms with Gasteiger partial charge >= 0.3 is 0 Å². The molecule has 4 N–H and O–H groups in total. The van der Waals surface area contributed by atoms with Crippen LogP contribution in [0.3, 0.4) is 0 Å². The molecule has 0 spiro atoms. The zero-order valence-electron chi connectivity index (χ0n) is 17.3. The number of hydrogen-bond acceptors (Lipinski definition) is 8. The summed E-state index contributed by atoms with van der Waals surface area (Å²) < 4.78 is 18.6. The predicted octanol–water partition coefficient (Wildman–Crippen LogP) is 2.27. The summed E-state index contributed by atoms with van der Waals surface area (Å²) in [4.78, 5) is 13.4. The van der Waals surface area contributed by atoms with E-state index in [-0.39, 0.29) is 18.1 Å². The summed E-state index contributed by atoms with van der Waals surface area (Å²) in [5, 5.41) is 22.1. The number of aromatic nitrogens is 5. The Morgan fingerprint density at radius 1 is 1.09 bits per heavy atom. The van der Waals surface area contributed by atoms with Gasteiger partial charge in [0.05, 0.1) is 6.54 Å². The molecule has 0 fully saturated rings. The predicted molar refractivity (Wildman–Crippen MR) is 119 cm³/mol. The van der Waals surface area contributed by atoms with Gasteiger partial charge in [-0.05, 0) is 22.4 Å². The van der Waals surface area contributed by atoms with Crippen molar-refractivity contribution in [1.29, 1.82) is 0 Å². The second kappa shape index (κ2) is 10.2. The van der Waals surface area contributed by atoms with Gasteiger partial charge in [0, 0.05) is 35.8 Å². The summed E-state index contributed by atoms with van der Waals surface area (Å²) >= 11 is 6.16. The van der Waals surface area contributed by atoms with Gasteiger partial charge < -0.3 is 16.4 Å². The second-order valence-electron chi connectivity index (χ2n) is 7.02. The van der Waals surface area contributed by atoms with Crippen molar-refractivity contribution >= 4 is 23.3 Å². The van der Waals surface area contributed by atoms with Crippen molar-refractivity contribution in [2.45, 2.75) is 13.1 Å². The van der Waals surface area contributed by atoms with E-state index in [0.29, 0.717) is 41.6 Å². The molecule has 2 aromatic heterocycles. The van der Waals surface area contributed by atoms with Crippen LogP contribution in [0.15, 0.2) is 53.2 Å². The molecule has 1 amide bonds. The zero-order chi connectivity index (χ0) is 23.2. The van der Waals surface area contributed by atoms with E-state index in [4.69, 9.17) is 17.3 Å². The molecule has 0 bridgehead atoms. The highest BCUT2D eigenvalue weighted by atomic mass is 35.5. The van der Waals surface area contributed by atoms with Gasteiger partial charge in [-0.25, -0.2) is 9.02 Å². The largest absolute Gasteiger partial charge is 0.379 e. The average Bonchev–Trinajstić information content (AvgIpc) is 3.42. The van der Waals surface area contributed by atoms with E-state index >= 15 is 0 Å². The molecular formula is C21H20ClFN8O2. The van der Waals surface area contributed by atoms with Crippen LogP contribution in [0.2, 0.25) is 5.02 Å². The van der Waals surface area contributed by atoms with Crippen molar-refractivity contribution in [2.75, 3.05) is 18.8 Å². The number of anilines is 1. The summed E-state index contributed by atoms with van der Waals surface area (Å²) in [5.41, 5.74) is 7.98. The molecule has 4 rings (SSSR count). The van der Waals surface area contributed by atoms with E-state index in [1.54, 1.807) is 12.1 Å². The maximum atomic E-state index is 14.2. The van der Waals surface area contributed by atoms with Crippen LogP contribution in [0, 0.1) is 5.82 Å². The van der Waals surface area contributed by atoms with Gasteiger partial charge in [-0.15, -0.1) is 0 Å². The number of nitrogen functional groups attached to an aromatic ring is 1. The van der Waals surface area contributed by atoms with Crippen molar-refractivity contribution < 1.29 is 13.8 Å². The standard InChI is InChI=1S/C21H20ClFN8O2/c22-15-7-4-8-16(23)14(15)12-31-27-17(18(28-31)13-5-2-1-3-6-13)11-25-9-10-26-21(32)19-20(24)30-33-29-19/h1-8,25H,9-12H2,(H2,24,30)(H,26,32). The number of carbonyl (C=O) groups excluding carboxylic acids is 1. The van der Waals surface area contributed by atoms with E-state index in [1.165, 1.54) is 10.9 Å². The van der Waals surface area contributed by atoms with Gasteiger partial charge in [-0.2, -0.15) is 15.0 Å². The van der Waals surface area contributed by atoms with Crippen LogP contribution in [-0.2, 0) is 13.1 Å². The maximum Gasteiger partial charge on any atom is 0.277 e. The molecule has 4 aromatic rings. The second-order valence-corrected chi connectivity index (χ2v) is 7.43. The summed E-state index contributed by atoms with van der Waals surface area (Å²) in [7, 11) is 0. The zero-order valence-corrected chi connectivity index (χ0v) is 18.1. The molecule has 0 unspecified atom stereocenters. The van der Waals surface area contributed by atoms with Gasteiger partial charge in [-0.3, -0.25) is 4.79 Å². The molecule has 10 nitrogen and oxygen atoms in total. The van der Waals surface area contributed by atoms with E-state index in [9.17, 15) is 9.18 Å². The number of nitrogens with one attached hydrogen (secondary N) is 2. The van der Waals surface area contributed by atoms with E-state index < -0.39 is 11.7 Å². The van der Waals surface area contributed by atoms with Crippen molar-refractivity contribution in [1.82, 2.24) is 35.9 Å². The summed E-state index contributed by atoms with van der Waals surface area (Å²) in [6.45, 7) is 1.22. The number of halogens is 2. The monoisotopic (exact) mass is 470 g/mol. The number of amides is 1. The molecule has 170 valence electrons. The molecule has 0 atom stereocenters. The first kappa shape index (κ1) is 22.4. The number of nitrogens with two attached hydrogens (primary N) is 1. The minimum Gasteiger partial charge on any atom is -0.379 e. The van der Waals surface area contributed by atoms with Crippen LogP contribution in [0.25, 0.3) is 11.3 Å². The summed E-state index contributed by atoms with van der Waals surface area (Å²) in [6.07, 6.45) is 0. The third-order valence-corrected chi connectivity index (χ3v) is 5.10. The van der Waals surface area contributed by atoms with Crippen LogP contribution in [-0.4, -0.2) is 44.3 Å². The first-order valence-electron chi connectivity index (χ1n) is 10.0. The fourth-order valence-corrected chi connectivity index (χ4v) is 3.35. The Hall–Kier alpha value is -3.83. The number of carbonyl (C=O) groups is 1. The molecule has 0 saturated heterocycles. The minimum atomic E-state index is -0.478. The lowest BCUT2D eigenvalue weighted by atomic mass is 10.1. The van der Waals surface area contributed by atoms with Gasteiger partial charge in [-0.1, -0.05) is 48.0 Å². The highest BCUT2D eigenvalue weighted by molar-refractivity contribution is 6.31. The Bertz CT molecular complexity index is 1220. The molecular weight excluding hydrogens is 451 g/mol. The minimum absolute atomic E-state index is 0.0592. The Morgan fingerprint density at radius 2 is 1.91 bits per heavy atom. The van der Waals surface area contributed by atoms with Crippen LogP contribution >= 0.6 is 11.6 Å². The average molecular weight is 471 g/mol. The Labute approximate surface area is 192 Å². The van der Waals surface area contributed by atoms with Crippen molar-refractivity contribution in [3.8, 4) is 11.3 Å². The van der Waals surface area contributed by atoms with E-state index in [2.05, 4.69) is 35.8 Å². The number of rotatable bonds is 9. The summed E-state index contributed by atoms with van der Waals surface area (Å²) in [5.74, 6) is -0.966. The third kappa shape index (κ3) is 5.33. The summed E-state index contributed by atoms with van der Waals surface area (Å²) in [6, 6.07) is 14.1. The molecule has 0 aliphatic carbocycles. The molecule has 0 aliphatic rings. The topological polar surface area (TPSA) is 137 Å². The van der Waals surface area contributed by atoms with Gasteiger partial charge in [0.2, 0.25) is 11.5 Å². The smallest absolute Gasteiger partial charge is 0.277 e. The Kier molecular flexibility index (Phi) is 6.91. The molecule has 0 radical (unpaired) electrons. The Balaban J connectivity index is 1.43. The van der Waals surface area contributed by atoms with Crippen LogP contribution in [0.5, 0.6) is 0 Å². The van der Waals surface area contributed by atoms with Crippen LogP contribution in [0.1, 0.15) is 21.7 Å². The lowest BCUT2D eigenvalue weighted by Gasteiger charge is -2.05. The molecule has 33 heavy (non-hydrogen) atoms.